The van der Waals surface area contributed by atoms with Gasteiger partial charge in [0.2, 0.25) is 5.88 Å². The summed E-state index contributed by atoms with van der Waals surface area (Å²) in [7, 11) is 0. The molecule has 0 saturated carbocycles. The summed E-state index contributed by atoms with van der Waals surface area (Å²) in [6, 6.07) is 3.79. The molecule has 37 heavy (non-hydrogen) atoms. The lowest BCUT2D eigenvalue weighted by atomic mass is 10.0. The maximum Gasteiger partial charge on any atom is 0.411 e. The van der Waals surface area contributed by atoms with Crippen LogP contribution < -0.4 is 10.5 Å². The summed E-state index contributed by atoms with van der Waals surface area (Å²) in [5.41, 5.74) is 6.35. The Morgan fingerprint density at radius 3 is 2.41 bits per heavy atom. The smallest absolute Gasteiger partial charge is 0.411 e. The largest absolute Gasteiger partial charge is 0.465 e. The number of aromatic nitrogens is 2. The molecule has 12 heteroatoms. The van der Waals surface area contributed by atoms with E-state index in [1.807, 2.05) is 27.7 Å². The fourth-order valence-corrected chi connectivity index (χ4v) is 2.51. The van der Waals surface area contributed by atoms with Gasteiger partial charge in [-0.1, -0.05) is 39.7 Å². The average Bonchev–Trinajstić information content (AvgIpc) is 2.91. The van der Waals surface area contributed by atoms with E-state index in [1.165, 1.54) is 36.7 Å². The first kappa shape index (κ1) is 33.3. The lowest BCUT2D eigenvalue weighted by Gasteiger charge is -2.20. The van der Waals surface area contributed by atoms with Gasteiger partial charge in [0.25, 0.3) is 6.02 Å². The molecular formula is C25H31F5N4O3. The number of aliphatic imine (C=N–C) groups is 1. The van der Waals surface area contributed by atoms with E-state index in [1.54, 1.807) is 0 Å². The normalized spacial score (nSPS) is 14.6. The molecule has 2 heterocycles. The number of hydrogen-bond acceptors (Lipinski definition) is 7. The summed E-state index contributed by atoms with van der Waals surface area (Å²) < 4.78 is 70.4. The standard InChI is InChI=1S/C19H16F2N4O2.C2H3F3O.2C2H6/c1-2-6-26-18-11-23-17(10-24-18)15(21)9-12-3-4-14(20)13(8-12)16-5-7-27-19(22)25-16;3-2(4,5)1-6;2*1-2/h1,3-4,8-11,16H,5-7H2,(H2,22,25);6H,1H2;2*1-2H3/b15-9-;;;. The summed E-state index contributed by atoms with van der Waals surface area (Å²) >= 11 is 0. The topological polar surface area (TPSA) is 103 Å². The lowest BCUT2D eigenvalue weighted by molar-refractivity contribution is -0.159. The van der Waals surface area contributed by atoms with Crippen molar-refractivity contribution in [2.75, 3.05) is 19.8 Å². The first-order chi connectivity index (χ1) is 17.6. The molecule has 0 radical (unpaired) electrons. The Bertz CT molecular complexity index is 1040. The van der Waals surface area contributed by atoms with Crippen LogP contribution in [-0.4, -0.2) is 47.1 Å². The van der Waals surface area contributed by atoms with Gasteiger partial charge in [0.1, 0.15) is 18.1 Å². The van der Waals surface area contributed by atoms with E-state index in [2.05, 4.69) is 20.9 Å². The molecule has 1 unspecified atom stereocenters. The van der Waals surface area contributed by atoms with Crippen molar-refractivity contribution < 1.29 is 36.5 Å². The third kappa shape index (κ3) is 12.7. The van der Waals surface area contributed by atoms with E-state index in [0.717, 1.165) is 0 Å². The molecular weight excluding hydrogens is 499 g/mol. The number of halogens is 5. The second kappa shape index (κ2) is 17.7. The molecule has 0 aliphatic carbocycles. The fraction of sp³-hybridized carbons (Fsp3) is 0.400. The molecule has 1 aliphatic heterocycles. The number of terminal acetylenes is 1. The first-order valence-electron chi connectivity index (χ1n) is 11.3. The SMILES string of the molecule is C#CCOc1cnc(/C(F)=C/c2ccc(F)c(C3CCOC(N)=N3)c2)cn1.CC.CC.OCC(F)(F)F. The Labute approximate surface area is 213 Å². The highest BCUT2D eigenvalue weighted by atomic mass is 19.4. The van der Waals surface area contributed by atoms with Gasteiger partial charge in [-0.25, -0.2) is 23.7 Å². The van der Waals surface area contributed by atoms with Crippen molar-refractivity contribution in [2.45, 2.75) is 46.3 Å². The zero-order chi connectivity index (χ0) is 28.4. The van der Waals surface area contributed by atoms with E-state index >= 15 is 0 Å². The minimum Gasteiger partial charge on any atom is -0.465 e. The molecule has 1 aliphatic rings. The molecule has 1 aromatic carbocycles. The van der Waals surface area contributed by atoms with Gasteiger partial charge in [-0.15, -0.1) is 6.42 Å². The number of amidine groups is 1. The van der Waals surface area contributed by atoms with Crippen LogP contribution in [0.2, 0.25) is 0 Å². The fourth-order valence-electron chi connectivity index (χ4n) is 2.51. The highest BCUT2D eigenvalue weighted by molar-refractivity contribution is 5.75. The Kier molecular flexibility index (Phi) is 15.9. The zero-order valence-electron chi connectivity index (χ0n) is 21.0. The third-order valence-corrected chi connectivity index (χ3v) is 3.95. The molecule has 204 valence electrons. The van der Waals surface area contributed by atoms with Crippen LogP contribution >= 0.6 is 0 Å². The molecule has 1 aromatic heterocycles. The van der Waals surface area contributed by atoms with Gasteiger partial charge in [-0.3, -0.25) is 0 Å². The van der Waals surface area contributed by atoms with Gasteiger partial charge in [-0.05, 0) is 23.8 Å². The van der Waals surface area contributed by atoms with Gasteiger partial charge >= 0.3 is 6.18 Å². The summed E-state index contributed by atoms with van der Waals surface area (Å²) in [6.45, 7) is 6.66. The molecule has 3 rings (SSSR count). The van der Waals surface area contributed by atoms with Crippen LogP contribution in [-0.2, 0) is 4.74 Å². The molecule has 1 atom stereocenters. The van der Waals surface area contributed by atoms with Crippen molar-refractivity contribution in [3.8, 4) is 18.2 Å². The predicted molar refractivity (Wildman–Crippen MR) is 133 cm³/mol. The van der Waals surface area contributed by atoms with Crippen LogP contribution in [0.15, 0.2) is 35.6 Å². The van der Waals surface area contributed by atoms with Crippen molar-refractivity contribution in [1.82, 2.24) is 9.97 Å². The number of nitrogens with zero attached hydrogens (tertiary/aromatic N) is 3. The first-order valence-corrected chi connectivity index (χ1v) is 11.3. The summed E-state index contributed by atoms with van der Waals surface area (Å²) in [5.74, 6) is 1.43. The molecule has 0 amide bonds. The minimum absolute atomic E-state index is 0.0141. The Balaban J connectivity index is 0.00000112. The number of ether oxygens (including phenoxy) is 2. The monoisotopic (exact) mass is 530 g/mol. The number of nitrogens with two attached hydrogens (primary N) is 1. The number of alkyl halides is 3. The number of rotatable bonds is 5. The highest BCUT2D eigenvalue weighted by Gasteiger charge is 2.24. The number of aliphatic hydroxyl groups is 1. The highest BCUT2D eigenvalue weighted by Crippen LogP contribution is 2.29. The molecule has 0 fully saturated rings. The summed E-state index contributed by atoms with van der Waals surface area (Å²) in [6.07, 6.45) is 4.90. The van der Waals surface area contributed by atoms with Gasteiger partial charge in [0.15, 0.2) is 12.4 Å². The van der Waals surface area contributed by atoms with Crippen molar-refractivity contribution in [3.05, 3.63) is 53.2 Å². The van der Waals surface area contributed by atoms with E-state index in [4.69, 9.17) is 26.7 Å². The molecule has 3 N–H and O–H groups in total. The Hall–Kier alpha value is -3.72. The van der Waals surface area contributed by atoms with Gasteiger partial charge in [-0.2, -0.15) is 13.2 Å². The summed E-state index contributed by atoms with van der Waals surface area (Å²) in [5, 5.41) is 7.28. The second-order valence-electron chi connectivity index (χ2n) is 6.40. The van der Waals surface area contributed by atoms with Crippen LogP contribution in [0.3, 0.4) is 0 Å². The van der Waals surface area contributed by atoms with Crippen molar-refractivity contribution in [3.63, 3.8) is 0 Å². The van der Waals surface area contributed by atoms with Crippen molar-refractivity contribution in [1.29, 1.82) is 0 Å². The Morgan fingerprint density at radius 1 is 1.24 bits per heavy atom. The van der Waals surface area contributed by atoms with E-state index < -0.39 is 30.5 Å². The molecule has 0 saturated heterocycles. The van der Waals surface area contributed by atoms with Gasteiger partial charge < -0.3 is 20.3 Å². The molecule has 0 bridgehead atoms. The van der Waals surface area contributed by atoms with Crippen molar-refractivity contribution in [2.24, 2.45) is 10.7 Å². The number of aliphatic hydroxyl groups excluding tert-OH is 1. The average molecular weight is 531 g/mol. The maximum atomic E-state index is 14.5. The van der Waals surface area contributed by atoms with Crippen LogP contribution in [0.4, 0.5) is 22.0 Å². The number of benzene rings is 1. The van der Waals surface area contributed by atoms with Gasteiger partial charge in [0.05, 0.1) is 25.0 Å². The maximum absolute atomic E-state index is 14.5. The van der Waals surface area contributed by atoms with Crippen LogP contribution in [0.5, 0.6) is 5.88 Å². The minimum atomic E-state index is -4.40. The molecule has 7 nitrogen and oxygen atoms in total. The van der Waals surface area contributed by atoms with E-state index in [-0.39, 0.29) is 24.2 Å². The summed E-state index contributed by atoms with van der Waals surface area (Å²) in [4.78, 5) is 12.0. The zero-order valence-corrected chi connectivity index (χ0v) is 21.0. The van der Waals surface area contributed by atoms with E-state index in [0.29, 0.717) is 24.2 Å². The van der Waals surface area contributed by atoms with Gasteiger partial charge in [0, 0.05) is 12.0 Å². The lowest BCUT2D eigenvalue weighted by Crippen LogP contribution is -2.24. The van der Waals surface area contributed by atoms with Crippen LogP contribution in [0, 0.1) is 18.2 Å². The van der Waals surface area contributed by atoms with Crippen LogP contribution in [0.25, 0.3) is 11.9 Å². The molecule has 2 aromatic rings. The van der Waals surface area contributed by atoms with Crippen LogP contribution in [0.1, 0.15) is 57.0 Å². The van der Waals surface area contributed by atoms with E-state index in [9.17, 15) is 22.0 Å². The van der Waals surface area contributed by atoms with Crippen molar-refractivity contribution >= 4 is 17.9 Å². The quantitative estimate of drug-likeness (QED) is 0.393. The predicted octanol–water partition coefficient (Wildman–Crippen LogP) is 5.46. The third-order valence-electron chi connectivity index (χ3n) is 3.95. The molecule has 0 spiro atoms. The second-order valence-corrected chi connectivity index (χ2v) is 6.40. The number of hydrogen-bond donors (Lipinski definition) is 2. The Morgan fingerprint density at radius 2 is 1.89 bits per heavy atom.